The molecule has 0 aliphatic heterocycles. The molecule has 0 saturated heterocycles. The third kappa shape index (κ3) is 5.36. The topological polar surface area (TPSA) is 64.1 Å². The molecule has 0 fully saturated rings. The summed E-state index contributed by atoms with van der Waals surface area (Å²) < 4.78 is 5.47. The second kappa shape index (κ2) is 8.27. The zero-order chi connectivity index (χ0) is 16.7. The zero-order valence-electron chi connectivity index (χ0n) is 13.9. The van der Waals surface area contributed by atoms with E-state index in [2.05, 4.69) is 27.4 Å². The molecule has 0 bridgehead atoms. The Bertz CT molecular complexity index is 641. The van der Waals surface area contributed by atoms with Crippen molar-refractivity contribution in [3.8, 4) is 17.3 Å². The predicted octanol–water partition coefficient (Wildman–Crippen LogP) is 3.00. The molecule has 122 valence electrons. The number of nitrogens with one attached hydrogen (secondary N) is 1. The van der Waals surface area contributed by atoms with Crippen LogP contribution in [-0.4, -0.2) is 28.5 Å². The van der Waals surface area contributed by atoms with Crippen LogP contribution in [-0.2, 0) is 11.2 Å². The van der Waals surface area contributed by atoms with Crippen molar-refractivity contribution >= 4 is 5.91 Å². The number of rotatable bonds is 7. The van der Waals surface area contributed by atoms with Crippen molar-refractivity contribution in [3.63, 3.8) is 0 Å². The van der Waals surface area contributed by atoms with E-state index in [1.165, 1.54) is 12.5 Å². The highest BCUT2D eigenvalue weighted by atomic mass is 16.5. The van der Waals surface area contributed by atoms with E-state index in [0.29, 0.717) is 12.6 Å². The number of nitrogens with zero attached hydrogens (tertiary/aromatic N) is 2. The first-order valence-corrected chi connectivity index (χ1v) is 7.90. The Morgan fingerprint density at radius 1 is 1.26 bits per heavy atom. The molecule has 0 radical (unpaired) electrons. The van der Waals surface area contributed by atoms with Crippen molar-refractivity contribution in [2.75, 3.05) is 6.61 Å². The van der Waals surface area contributed by atoms with Gasteiger partial charge in [-0.05, 0) is 31.4 Å². The Kier molecular flexibility index (Phi) is 6.09. The molecule has 0 spiro atoms. The van der Waals surface area contributed by atoms with E-state index in [-0.39, 0.29) is 11.9 Å². The van der Waals surface area contributed by atoms with Gasteiger partial charge in [-0.15, -0.1) is 0 Å². The molecule has 1 amide bonds. The summed E-state index contributed by atoms with van der Waals surface area (Å²) >= 11 is 0. The number of aromatic nitrogens is 2. The van der Waals surface area contributed by atoms with Crippen LogP contribution in [0.1, 0.15) is 32.8 Å². The Morgan fingerprint density at radius 3 is 2.65 bits per heavy atom. The van der Waals surface area contributed by atoms with Crippen molar-refractivity contribution in [2.24, 2.45) is 0 Å². The SMILES string of the molecule is CCCOc1nccc(-c2ccc(CC(C)NC(C)=O)cc2)n1. The standard InChI is InChI=1S/C18H23N3O2/c1-4-11-23-18-19-10-9-17(21-18)16-7-5-15(6-8-16)12-13(2)20-14(3)22/h5-10,13H,4,11-12H2,1-3H3,(H,20,22). The second-order valence-electron chi connectivity index (χ2n) is 5.58. The first kappa shape index (κ1) is 16.9. The van der Waals surface area contributed by atoms with Crippen molar-refractivity contribution in [1.82, 2.24) is 15.3 Å². The van der Waals surface area contributed by atoms with Gasteiger partial charge >= 0.3 is 6.01 Å². The highest BCUT2D eigenvalue weighted by molar-refractivity contribution is 5.73. The molecule has 1 aromatic heterocycles. The largest absolute Gasteiger partial charge is 0.463 e. The summed E-state index contributed by atoms with van der Waals surface area (Å²) in [7, 11) is 0. The molecule has 2 rings (SSSR count). The molecule has 2 aromatic rings. The maximum atomic E-state index is 11.1. The first-order chi connectivity index (χ1) is 11.1. The third-order valence-electron chi connectivity index (χ3n) is 3.31. The van der Waals surface area contributed by atoms with E-state index in [9.17, 15) is 4.79 Å². The molecule has 5 nitrogen and oxygen atoms in total. The van der Waals surface area contributed by atoms with Gasteiger partial charge in [-0.1, -0.05) is 31.2 Å². The minimum absolute atomic E-state index is 0.00489. The van der Waals surface area contributed by atoms with E-state index >= 15 is 0 Å². The lowest BCUT2D eigenvalue weighted by Gasteiger charge is -2.12. The molecule has 1 aromatic carbocycles. The van der Waals surface area contributed by atoms with Crippen molar-refractivity contribution in [2.45, 2.75) is 39.7 Å². The molecule has 1 N–H and O–H groups in total. The summed E-state index contributed by atoms with van der Waals surface area (Å²) in [4.78, 5) is 19.6. The molecule has 23 heavy (non-hydrogen) atoms. The fourth-order valence-electron chi connectivity index (χ4n) is 2.33. The number of hydrogen-bond acceptors (Lipinski definition) is 4. The van der Waals surface area contributed by atoms with Gasteiger partial charge < -0.3 is 10.1 Å². The second-order valence-corrected chi connectivity index (χ2v) is 5.58. The van der Waals surface area contributed by atoms with Crippen LogP contribution in [0.4, 0.5) is 0 Å². The fourth-order valence-corrected chi connectivity index (χ4v) is 2.33. The smallest absolute Gasteiger partial charge is 0.316 e. The van der Waals surface area contributed by atoms with Gasteiger partial charge in [0.2, 0.25) is 5.91 Å². The van der Waals surface area contributed by atoms with Gasteiger partial charge in [0.15, 0.2) is 0 Å². The third-order valence-corrected chi connectivity index (χ3v) is 3.31. The van der Waals surface area contributed by atoms with Gasteiger partial charge in [-0.2, -0.15) is 4.98 Å². The highest BCUT2D eigenvalue weighted by Gasteiger charge is 2.06. The number of carbonyl (C=O) groups is 1. The molecular formula is C18H23N3O2. The molecule has 1 unspecified atom stereocenters. The van der Waals surface area contributed by atoms with Gasteiger partial charge in [0.05, 0.1) is 12.3 Å². The van der Waals surface area contributed by atoms with Gasteiger partial charge in [0.1, 0.15) is 0 Å². The average molecular weight is 313 g/mol. The number of ether oxygens (including phenoxy) is 1. The average Bonchev–Trinajstić information content (AvgIpc) is 2.53. The van der Waals surface area contributed by atoms with E-state index in [0.717, 1.165) is 24.1 Å². The summed E-state index contributed by atoms with van der Waals surface area (Å²) in [6, 6.07) is 10.6. The van der Waals surface area contributed by atoms with Gasteiger partial charge in [0.25, 0.3) is 0 Å². The molecular weight excluding hydrogens is 290 g/mol. The van der Waals surface area contributed by atoms with Gasteiger partial charge in [0, 0.05) is 24.7 Å². The van der Waals surface area contributed by atoms with E-state index in [1.54, 1.807) is 6.20 Å². The quantitative estimate of drug-likeness (QED) is 0.853. The lowest BCUT2D eigenvalue weighted by molar-refractivity contribution is -0.119. The molecule has 5 heteroatoms. The van der Waals surface area contributed by atoms with Crippen molar-refractivity contribution in [3.05, 3.63) is 42.1 Å². The van der Waals surface area contributed by atoms with Crippen molar-refractivity contribution in [1.29, 1.82) is 0 Å². The minimum atomic E-state index is -0.00489. The molecule has 1 atom stereocenters. The van der Waals surface area contributed by atoms with Crippen LogP contribution < -0.4 is 10.1 Å². The Morgan fingerprint density at radius 2 is 2.00 bits per heavy atom. The summed E-state index contributed by atoms with van der Waals surface area (Å²) in [6.45, 7) is 6.19. The molecule has 1 heterocycles. The van der Waals surface area contributed by atoms with E-state index in [1.807, 2.05) is 32.0 Å². The van der Waals surface area contributed by atoms with Crippen LogP contribution >= 0.6 is 0 Å². The van der Waals surface area contributed by atoms with Crippen LogP contribution in [0.25, 0.3) is 11.3 Å². The maximum Gasteiger partial charge on any atom is 0.316 e. The Balaban J connectivity index is 2.05. The van der Waals surface area contributed by atoms with Crippen LogP contribution in [0.2, 0.25) is 0 Å². The Hall–Kier alpha value is -2.43. The number of carbonyl (C=O) groups excluding carboxylic acids is 1. The van der Waals surface area contributed by atoms with Crippen LogP contribution in [0.5, 0.6) is 6.01 Å². The van der Waals surface area contributed by atoms with Crippen LogP contribution in [0.3, 0.4) is 0 Å². The maximum absolute atomic E-state index is 11.1. The lowest BCUT2D eigenvalue weighted by Crippen LogP contribution is -2.31. The monoisotopic (exact) mass is 313 g/mol. The molecule has 0 saturated carbocycles. The van der Waals surface area contributed by atoms with Gasteiger partial charge in [-0.25, -0.2) is 4.98 Å². The summed E-state index contributed by atoms with van der Waals surface area (Å²) in [5.41, 5.74) is 3.03. The first-order valence-electron chi connectivity index (χ1n) is 7.90. The summed E-state index contributed by atoms with van der Waals surface area (Å²) in [5, 5.41) is 2.89. The number of amides is 1. The number of benzene rings is 1. The lowest BCUT2D eigenvalue weighted by atomic mass is 10.0. The van der Waals surface area contributed by atoms with E-state index in [4.69, 9.17) is 4.74 Å². The fraction of sp³-hybridized carbons (Fsp3) is 0.389. The Labute approximate surface area is 137 Å². The number of hydrogen-bond donors (Lipinski definition) is 1. The van der Waals surface area contributed by atoms with Crippen LogP contribution in [0, 0.1) is 0 Å². The summed E-state index contributed by atoms with van der Waals surface area (Å²) in [5.74, 6) is -0.00489. The predicted molar refractivity (Wildman–Crippen MR) is 90.2 cm³/mol. The van der Waals surface area contributed by atoms with Gasteiger partial charge in [-0.3, -0.25) is 4.79 Å². The minimum Gasteiger partial charge on any atom is -0.463 e. The normalized spacial score (nSPS) is 11.8. The zero-order valence-corrected chi connectivity index (χ0v) is 13.9. The highest BCUT2D eigenvalue weighted by Crippen LogP contribution is 2.19. The molecule has 0 aliphatic rings. The van der Waals surface area contributed by atoms with Crippen LogP contribution in [0.15, 0.2) is 36.5 Å². The summed E-state index contributed by atoms with van der Waals surface area (Å²) in [6.07, 6.45) is 3.43. The molecule has 0 aliphatic carbocycles. The van der Waals surface area contributed by atoms with Crippen molar-refractivity contribution < 1.29 is 9.53 Å². The van der Waals surface area contributed by atoms with E-state index < -0.39 is 0 Å².